The number of halogens is 3. The molecule has 1 saturated heterocycles. The van der Waals surface area contributed by atoms with Crippen molar-refractivity contribution in [1.29, 1.82) is 0 Å². The van der Waals surface area contributed by atoms with E-state index < -0.39 is 31.0 Å². The maximum atomic E-state index is 11.8. The van der Waals surface area contributed by atoms with Gasteiger partial charge in [-0.3, -0.25) is 4.79 Å². The van der Waals surface area contributed by atoms with E-state index >= 15 is 0 Å². The number of hydrogen-bond donors (Lipinski definition) is 3. The predicted molar refractivity (Wildman–Crippen MR) is 55.3 cm³/mol. The highest BCUT2D eigenvalue weighted by molar-refractivity contribution is 5.75. The Kier molecular flexibility index (Phi) is 5.20. The maximum absolute atomic E-state index is 11.8. The zero-order valence-corrected chi connectivity index (χ0v) is 9.39. The van der Waals surface area contributed by atoms with Crippen LogP contribution in [-0.2, 0) is 4.79 Å². The van der Waals surface area contributed by atoms with Gasteiger partial charge in [-0.1, -0.05) is 0 Å². The van der Waals surface area contributed by atoms with E-state index in [0.29, 0.717) is 13.0 Å². The molecule has 1 amide bonds. The summed E-state index contributed by atoms with van der Waals surface area (Å²) in [7, 11) is 0. The lowest BCUT2D eigenvalue weighted by Crippen LogP contribution is -2.45. The summed E-state index contributed by atoms with van der Waals surface area (Å²) in [6, 6.07) is 0. The number of β-amino-alcohol motifs (C(OH)–C–C–N with tert-alkyl or cyclic N) is 1. The summed E-state index contributed by atoms with van der Waals surface area (Å²) in [5.74, 6) is -0.695. The van der Waals surface area contributed by atoms with Crippen LogP contribution in [0.15, 0.2) is 0 Å². The Balaban J connectivity index is 2.19. The van der Waals surface area contributed by atoms with E-state index in [4.69, 9.17) is 0 Å². The minimum Gasteiger partial charge on any atom is -0.391 e. The van der Waals surface area contributed by atoms with E-state index in [9.17, 15) is 23.1 Å². The number of carbonyl (C=O) groups excluding carboxylic acids is 1. The number of carbonyl (C=O) groups is 1. The molecule has 1 heterocycles. The van der Waals surface area contributed by atoms with E-state index in [2.05, 4.69) is 10.6 Å². The minimum absolute atomic E-state index is 0.0777. The number of amides is 1. The molecule has 1 rings (SSSR count). The van der Waals surface area contributed by atoms with Crippen molar-refractivity contribution in [3.63, 3.8) is 0 Å². The fraction of sp³-hybridized carbons (Fsp3) is 0.900. The van der Waals surface area contributed by atoms with Crippen molar-refractivity contribution in [3.05, 3.63) is 0 Å². The molecule has 0 aliphatic carbocycles. The third-order valence-corrected chi connectivity index (χ3v) is 2.79. The van der Waals surface area contributed by atoms with Crippen LogP contribution in [0.2, 0.25) is 0 Å². The molecule has 7 heteroatoms. The van der Waals surface area contributed by atoms with Crippen LogP contribution >= 0.6 is 0 Å². The van der Waals surface area contributed by atoms with E-state index in [0.717, 1.165) is 6.54 Å². The first-order chi connectivity index (χ1) is 7.88. The number of hydrogen-bond acceptors (Lipinski definition) is 3. The van der Waals surface area contributed by atoms with Crippen LogP contribution in [0.25, 0.3) is 0 Å². The highest BCUT2D eigenvalue weighted by atomic mass is 19.4. The molecular weight excluding hydrogens is 237 g/mol. The third-order valence-electron chi connectivity index (χ3n) is 2.79. The van der Waals surface area contributed by atoms with Gasteiger partial charge in [-0.25, -0.2) is 0 Å². The van der Waals surface area contributed by atoms with Crippen molar-refractivity contribution < 1.29 is 23.1 Å². The number of alkyl halides is 3. The summed E-state index contributed by atoms with van der Waals surface area (Å²) in [6.07, 6.45) is -5.79. The van der Waals surface area contributed by atoms with Gasteiger partial charge in [0.15, 0.2) is 0 Å². The van der Waals surface area contributed by atoms with Gasteiger partial charge in [0.2, 0.25) is 5.91 Å². The van der Waals surface area contributed by atoms with Gasteiger partial charge in [0.25, 0.3) is 0 Å². The quantitative estimate of drug-likeness (QED) is 0.681. The van der Waals surface area contributed by atoms with E-state index in [-0.39, 0.29) is 12.5 Å². The molecule has 17 heavy (non-hydrogen) atoms. The van der Waals surface area contributed by atoms with Crippen molar-refractivity contribution >= 4 is 5.91 Å². The summed E-state index contributed by atoms with van der Waals surface area (Å²) >= 11 is 0. The molecular formula is C10H17F3N2O2. The number of piperidine rings is 1. The van der Waals surface area contributed by atoms with Crippen LogP contribution in [0, 0.1) is 5.92 Å². The summed E-state index contributed by atoms with van der Waals surface area (Å²) in [5.41, 5.74) is 0. The molecule has 4 nitrogen and oxygen atoms in total. The van der Waals surface area contributed by atoms with Gasteiger partial charge >= 0.3 is 6.18 Å². The van der Waals surface area contributed by atoms with Crippen LogP contribution in [0.5, 0.6) is 0 Å². The number of aliphatic hydroxyl groups is 1. The summed E-state index contributed by atoms with van der Waals surface area (Å²) in [4.78, 5) is 11.1. The number of aliphatic hydroxyl groups excluding tert-OH is 1. The van der Waals surface area contributed by atoms with E-state index in [1.165, 1.54) is 0 Å². The average molecular weight is 254 g/mol. The standard InChI is InChI=1S/C10H17F3N2O2/c11-10(12,13)3-1-9(17)15-5-7-2-4-14-6-8(7)16/h7-8,14,16H,1-6H2,(H,15,17)/t7-,8+/m0/s1. The van der Waals surface area contributed by atoms with E-state index in [1.807, 2.05) is 0 Å². The molecule has 1 aliphatic heterocycles. The average Bonchev–Trinajstić information content (AvgIpc) is 2.24. The van der Waals surface area contributed by atoms with E-state index in [1.54, 1.807) is 0 Å². The second-order valence-electron chi connectivity index (χ2n) is 4.24. The first-order valence-corrected chi connectivity index (χ1v) is 5.61. The normalized spacial score (nSPS) is 25.6. The molecule has 1 aliphatic rings. The maximum Gasteiger partial charge on any atom is 0.389 e. The largest absolute Gasteiger partial charge is 0.391 e. The molecule has 0 bridgehead atoms. The van der Waals surface area contributed by atoms with Crippen molar-refractivity contribution in [1.82, 2.24) is 10.6 Å². The summed E-state index contributed by atoms with van der Waals surface area (Å²) in [5, 5.41) is 15.0. The Hall–Kier alpha value is -0.820. The van der Waals surface area contributed by atoms with Gasteiger partial charge in [0.05, 0.1) is 12.5 Å². The first-order valence-electron chi connectivity index (χ1n) is 5.61. The van der Waals surface area contributed by atoms with Crippen molar-refractivity contribution in [2.45, 2.75) is 31.5 Å². The molecule has 0 spiro atoms. The van der Waals surface area contributed by atoms with Gasteiger partial charge in [0, 0.05) is 25.4 Å². The van der Waals surface area contributed by atoms with Gasteiger partial charge in [0.1, 0.15) is 0 Å². The fourth-order valence-corrected chi connectivity index (χ4v) is 1.72. The van der Waals surface area contributed by atoms with Crippen LogP contribution in [0.3, 0.4) is 0 Å². The van der Waals surface area contributed by atoms with Gasteiger partial charge in [-0.2, -0.15) is 13.2 Å². The lowest BCUT2D eigenvalue weighted by atomic mass is 9.95. The van der Waals surface area contributed by atoms with Crippen LogP contribution < -0.4 is 10.6 Å². The molecule has 0 aromatic carbocycles. The van der Waals surface area contributed by atoms with Crippen LogP contribution in [-0.4, -0.2) is 42.9 Å². The second-order valence-corrected chi connectivity index (χ2v) is 4.24. The highest BCUT2D eigenvalue weighted by Gasteiger charge is 2.28. The molecule has 0 aromatic rings. The first kappa shape index (κ1) is 14.2. The molecule has 2 atom stereocenters. The summed E-state index contributed by atoms with van der Waals surface area (Å²) in [6.45, 7) is 1.45. The topological polar surface area (TPSA) is 61.4 Å². The number of rotatable bonds is 4. The zero-order chi connectivity index (χ0) is 12.9. The Labute approximate surface area is 97.6 Å². The Bertz CT molecular complexity index is 258. The lowest BCUT2D eigenvalue weighted by Gasteiger charge is -2.28. The second kappa shape index (κ2) is 6.20. The molecule has 0 saturated carbocycles. The van der Waals surface area contributed by atoms with Gasteiger partial charge in [-0.05, 0) is 13.0 Å². The molecule has 1 fully saturated rings. The monoisotopic (exact) mass is 254 g/mol. The third kappa shape index (κ3) is 5.88. The predicted octanol–water partition coefficient (Wildman–Crippen LogP) is 0.415. The van der Waals surface area contributed by atoms with Gasteiger partial charge in [-0.15, -0.1) is 0 Å². The molecule has 100 valence electrons. The van der Waals surface area contributed by atoms with Crippen LogP contribution in [0.4, 0.5) is 13.2 Å². The molecule has 3 N–H and O–H groups in total. The molecule has 0 unspecified atom stereocenters. The lowest BCUT2D eigenvalue weighted by molar-refractivity contribution is -0.144. The van der Waals surface area contributed by atoms with Crippen molar-refractivity contribution in [2.75, 3.05) is 19.6 Å². The Morgan fingerprint density at radius 2 is 2.18 bits per heavy atom. The Morgan fingerprint density at radius 3 is 2.76 bits per heavy atom. The van der Waals surface area contributed by atoms with Crippen molar-refractivity contribution in [2.24, 2.45) is 5.92 Å². The summed E-state index contributed by atoms with van der Waals surface area (Å²) < 4.78 is 35.5. The van der Waals surface area contributed by atoms with Crippen molar-refractivity contribution in [3.8, 4) is 0 Å². The fourth-order valence-electron chi connectivity index (χ4n) is 1.72. The van der Waals surface area contributed by atoms with Crippen LogP contribution in [0.1, 0.15) is 19.3 Å². The minimum atomic E-state index is -4.30. The molecule has 0 radical (unpaired) electrons. The Morgan fingerprint density at radius 1 is 1.47 bits per heavy atom. The highest BCUT2D eigenvalue weighted by Crippen LogP contribution is 2.21. The zero-order valence-electron chi connectivity index (χ0n) is 9.39. The molecule has 0 aromatic heterocycles. The smallest absolute Gasteiger partial charge is 0.389 e. The number of nitrogens with one attached hydrogen (secondary N) is 2. The SMILES string of the molecule is O=C(CCC(F)(F)F)NC[C@@H]1CCNC[C@H]1O. The van der Waals surface area contributed by atoms with Gasteiger partial charge < -0.3 is 15.7 Å².